The first-order valence-corrected chi connectivity index (χ1v) is 9.34. The Hall–Kier alpha value is -1.73. The average molecular weight is 347 g/mol. The minimum Gasteiger partial charge on any atom is -0.395 e. The van der Waals surface area contributed by atoms with E-state index in [1.54, 1.807) is 0 Å². The fourth-order valence-electron chi connectivity index (χ4n) is 3.98. The molecular formula is C18H29N5O2. The van der Waals surface area contributed by atoms with Crippen molar-refractivity contribution < 1.29 is 9.90 Å². The molecule has 2 aliphatic rings. The zero-order valence-electron chi connectivity index (χ0n) is 15.1. The minimum absolute atomic E-state index is 0.0429. The Morgan fingerprint density at radius 3 is 2.80 bits per heavy atom. The Bertz CT molecular complexity index is 577. The molecule has 0 bridgehead atoms. The first kappa shape index (κ1) is 18.1. The van der Waals surface area contributed by atoms with Crippen LogP contribution in [0.25, 0.3) is 0 Å². The summed E-state index contributed by atoms with van der Waals surface area (Å²) in [4.78, 5) is 25.7. The van der Waals surface area contributed by atoms with Crippen LogP contribution in [0.1, 0.15) is 38.2 Å². The standard InChI is InChI=1S/C18H29N5O2/c1-2-6-19-17-20-11-15(12-21-17)13-22-8-5-18(14-22)4-3-7-23(9-10-24)16(18)25/h11-12,24H,2-10,13-14H2,1H3,(H,19,20,21)/t18-/m0/s1. The third kappa shape index (κ3) is 4.10. The van der Waals surface area contributed by atoms with Crippen molar-refractivity contribution in [2.45, 2.75) is 39.2 Å². The third-order valence-corrected chi connectivity index (χ3v) is 5.27. The van der Waals surface area contributed by atoms with Gasteiger partial charge in [-0.2, -0.15) is 0 Å². The van der Waals surface area contributed by atoms with E-state index in [1.165, 1.54) is 0 Å². The van der Waals surface area contributed by atoms with E-state index in [1.807, 2.05) is 17.3 Å². The van der Waals surface area contributed by atoms with Crippen LogP contribution < -0.4 is 5.32 Å². The monoisotopic (exact) mass is 347 g/mol. The van der Waals surface area contributed by atoms with Crippen molar-refractivity contribution in [1.82, 2.24) is 19.8 Å². The molecule has 0 aromatic carbocycles. The van der Waals surface area contributed by atoms with Gasteiger partial charge in [0.25, 0.3) is 0 Å². The van der Waals surface area contributed by atoms with Gasteiger partial charge in [-0.3, -0.25) is 9.69 Å². The molecule has 2 N–H and O–H groups in total. The second-order valence-corrected chi connectivity index (χ2v) is 7.20. The molecule has 1 amide bonds. The van der Waals surface area contributed by atoms with Gasteiger partial charge in [0.1, 0.15) is 0 Å². The zero-order chi connectivity index (χ0) is 17.7. The van der Waals surface area contributed by atoms with Gasteiger partial charge in [0.2, 0.25) is 11.9 Å². The van der Waals surface area contributed by atoms with Gasteiger partial charge in [0, 0.05) is 50.7 Å². The molecule has 0 aliphatic carbocycles. The van der Waals surface area contributed by atoms with Gasteiger partial charge in [-0.1, -0.05) is 6.92 Å². The quantitative estimate of drug-likeness (QED) is 0.769. The number of anilines is 1. The summed E-state index contributed by atoms with van der Waals surface area (Å²) in [6.07, 6.45) is 7.68. The predicted octanol–water partition coefficient (Wildman–Crippen LogP) is 1.11. The summed E-state index contributed by atoms with van der Waals surface area (Å²) in [5, 5.41) is 12.3. The number of piperidine rings is 1. The van der Waals surface area contributed by atoms with Gasteiger partial charge in [-0.25, -0.2) is 9.97 Å². The van der Waals surface area contributed by atoms with Crippen LogP contribution in [0.3, 0.4) is 0 Å². The van der Waals surface area contributed by atoms with Crippen molar-refractivity contribution in [3.8, 4) is 0 Å². The van der Waals surface area contributed by atoms with Gasteiger partial charge < -0.3 is 15.3 Å². The van der Waals surface area contributed by atoms with E-state index in [-0.39, 0.29) is 17.9 Å². The molecule has 2 saturated heterocycles. The zero-order valence-corrected chi connectivity index (χ0v) is 15.1. The van der Waals surface area contributed by atoms with Crippen molar-refractivity contribution >= 4 is 11.9 Å². The molecule has 7 nitrogen and oxygen atoms in total. The number of carbonyl (C=O) groups is 1. The van der Waals surface area contributed by atoms with Gasteiger partial charge in [-0.05, 0) is 32.2 Å². The highest BCUT2D eigenvalue weighted by Crippen LogP contribution is 2.40. The Balaban J connectivity index is 1.58. The Labute approximate surface area is 149 Å². The van der Waals surface area contributed by atoms with Crippen LogP contribution in [-0.2, 0) is 11.3 Å². The maximum Gasteiger partial charge on any atom is 0.230 e. The molecule has 1 atom stereocenters. The number of amides is 1. The number of hydrogen-bond acceptors (Lipinski definition) is 6. The second-order valence-electron chi connectivity index (χ2n) is 7.20. The summed E-state index contributed by atoms with van der Waals surface area (Å²) in [5.74, 6) is 0.899. The minimum atomic E-state index is -0.253. The predicted molar refractivity (Wildman–Crippen MR) is 96.0 cm³/mol. The molecule has 3 heterocycles. The molecule has 3 rings (SSSR count). The Kier molecular flexibility index (Phi) is 5.86. The van der Waals surface area contributed by atoms with Crippen LogP contribution >= 0.6 is 0 Å². The lowest BCUT2D eigenvalue weighted by Gasteiger charge is -2.39. The van der Waals surface area contributed by atoms with Crippen LogP contribution in [0.4, 0.5) is 5.95 Å². The molecule has 1 aromatic heterocycles. The van der Waals surface area contributed by atoms with Crippen molar-refractivity contribution in [3.63, 3.8) is 0 Å². The average Bonchev–Trinajstić information content (AvgIpc) is 3.02. The first-order chi connectivity index (χ1) is 12.2. The maximum atomic E-state index is 12.8. The van der Waals surface area contributed by atoms with Crippen molar-refractivity contribution in [3.05, 3.63) is 18.0 Å². The number of nitrogens with zero attached hydrogens (tertiary/aromatic N) is 4. The molecule has 25 heavy (non-hydrogen) atoms. The van der Waals surface area contributed by atoms with Crippen molar-refractivity contribution in [1.29, 1.82) is 0 Å². The number of carbonyl (C=O) groups excluding carboxylic acids is 1. The molecule has 1 spiro atoms. The molecule has 0 unspecified atom stereocenters. The molecular weight excluding hydrogens is 318 g/mol. The summed E-state index contributed by atoms with van der Waals surface area (Å²) in [6.45, 7) is 6.77. The molecule has 2 fully saturated rings. The number of likely N-dealkylation sites (tertiary alicyclic amines) is 2. The Morgan fingerprint density at radius 2 is 2.08 bits per heavy atom. The van der Waals surface area contributed by atoms with E-state index in [9.17, 15) is 4.79 Å². The van der Waals surface area contributed by atoms with Crippen LogP contribution in [0.2, 0.25) is 0 Å². The number of aromatic nitrogens is 2. The Morgan fingerprint density at radius 1 is 1.28 bits per heavy atom. The largest absolute Gasteiger partial charge is 0.395 e. The van der Waals surface area contributed by atoms with Crippen LogP contribution in [0, 0.1) is 5.41 Å². The number of nitrogens with one attached hydrogen (secondary N) is 1. The van der Waals surface area contributed by atoms with Crippen molar-refractivity contribution in [2.75, 3.05) is 44.6 Å². The van der Waals surface area contributed by atoms with Crippen LogP contribution in [-0.4, -0.2) is 70.1 Å². The van der Waals surface area contributed by atoms with Gasteiger partial charge in [0.15, 0.2) is 0 Å². The smallest absolute Gasteiger partial charge is 0.230 e. The number of aliphatic hydroxyl groups is 1. The molecule has 138 valence electrons. The lowest BCUT2D eigenvalue weighted by Crippen LogP contribution is -2.50. The number of rotatable bonds is 7. The van der Waals surface area contributed by atoms with E-state index >= 15 is 0 Å². The van der Waals surface area contributed by atoms with Crippen LogP contribution in [0.15, 0.2) is 12.4 Å². The van der Waals surface area contributed by atoms with E-state index < -0.39 is 0 Å². The normalized spacial score (nSPS) is 24.2. The van der Waals surface area contributed by atoms with Crippen molar-refractivity contribution in [2.24, 2.45) is 5.41 Å². The highest BCUT2D eigenvalue weighted by molar-refractivity contribution is 5.84. The highest BCUT2D eigenvalue weighted by Gasteiger charge is 2.47. The summed E-state index contributed by atoms with van der Waals surface area (Å²) in [7, 11) is 0. The number of hydrogen-bond donors (Lipinski definition) is 2. The lowest BCUT2D eigenvalue weighted by atomic mass is 9.78. The SMILES string of the molecule is CCCNc1ncc(CN2CC[C@@]3(CCCN(CCO)C3=O)C2)cn1. The summed E-state index contributed by atoms with van der Waals surface area (Å²) in [6, 6.07) is 0. The van der Waals surface area contributed by atoms with Gasteiger partial charge >= 0.3 is 0 Å². The second kappa shape index (κ2) is 8.10. The molecule has 1 aromatic rings. The fourth-order valence-corrected chi connectivity index (χ4v) is 3.98. The molecule has 0 radical (unpaired) electrons. The van der Waals surface area contributed by atoms with E-state index in [0.717, 1.165) is 64.0 Å². The van der Waals surface area contributed by atoms with E-state index in [0.29, 0.717) is 12.5 Å². The van der Waals surface area contributed by atoms with Gasteiger partial charge in [-0.15, -0.1) is 0 Å². The van der Waals surface area contributed by atoms with E-state index in [2.05, 4.69) is 27.1 Å². The van der Waals surface area contributed by atoms with Gasteiger partial charge in [0.05, 0.1) is 12.0 Å². The summed E-state index contributed by atoms with van der Waals surface area (Å²) < 4.78 is 0. The molecule has 0 saturated carbocycles. The summed E-state index contributed by atoms with van der Waals surface area (Å²) >= 11 is 0. The highest BCUT2D eigenvalue weighted by atomic mass is 16.3. The van der Waals surface area contributed by atoms with E-state index in [4.69, 9.17) is 5.11 Å². The maximum absolute atomic E-state index is 12.8. The molecule has 7 heteroatoms. The fraction of sp³-hybridized carbons (Fsp3) is 0.722. The lowest BCUT2D eigenvalue weighted by molar-refractivity contribution is -0.146. The third-order valence-electron chi connectivity index (χ3n) is 5.27. The van der Waals surface area contributed by atoms with Crippen LogP contribution in [0.5, 0.6) is 0 Å². The summed E-state index contributed by atoms with van der Waals surface area (Å²) in [5.41, 5.74) is 0.825. The molecule has 2 aliphatic heterocycles. The topological polar surface area (TPSA) is 81.6 Å². The number of aliphatic hydroxyl groups excluding tert-OH is 1. The first-order valence-electron chi connectivity index (χ1n) is 9.34. The number of β-amino-alcohol motifs (C(OH)–C–C–N with tert-alkyl or cyclic N) is 1.